The maximum Gasteiger partial charge on any atom is 0.262 e. The van der Waals surface area contributed by atoms with Crippen LogP contribution >= 0.6 is 0 Å². The van der Waals surface area contributed by atoms with Crippen LogP contribution < -0.4 is 14.8 Å². The summed E-state index contributed by atoms with van der Waals surface area (Å²) in [6.45, 7) is 3.45. The van der Waals surface area contributed by atoms with Crippen LogP contribution in [-0.2, 0) is 11.2 Å². The molecule has 0 saturated heterocycles. The molecular weight excluding hydrogens is 396 g/mol. The van der Waals surface area contributed by atoms with E-state index in [9.17, 15) is 14.4 Å². The number of carbonyl (C=O) groups excluding carboxylic acids is 3. The Morgan fingerprint density at radius 2 is 1.68 bits per heavy atom. The lowest BCUT2D eigenvalue weighted by molar-refractivity contribution is -0.117. The van der Waals surface area contributed by atoms with Crippen molar-refractivity contribution in [1.29, 1.82) is 0 Å². The van der Waals surface area contributed by atoms with Crippen molar-refractivity contribution >= 4 is 23.3 Å². The van der Waals surface area contributed by atoms with Crippen molar-refractivity contribution in [1.82, 2.24) is 10.2 Å². The molecule has 0 saturated carbocycles. The van der Waals surface area contributed by atoms with Crippen LogP contribution in [0, 0.1) is 0 Å². The van der Waals surface area contributed by atoms with E-state index in [0.717, 1.165) is 34.6 Å². The largest absolute Gasteiger partial charge is 0.490 e. The molecule has 5 rings (SSSR count). The third-order valence-electron chi connectivity index (χ3n) is 5.88. The van der Waals surface area contributed by atoms with E-state index in [1.165, 1.54) is 6.08 Å². The molecule has 31 heavy (non-hydrogen) atoms. The SMILES string of the molecule is C[C@@H](C(=O)C=C1NCCc2cc3c(cc21)OCCCO3)N1C(=O)c2ccccc2C1=O. The van der Waals surface area contributed by atoms with E-state index < -0.39 is 17.9 Å². The van der Waals surface area contributed by atoms with Gasteiger partial charge in [-0.1, -0.05) is 12.1 Å². The molecular formula is C24H22N2O5. The minimum absolute atomic E-state index is 0.322. The van der Waals surface area contributed by atoms with Crippen molar-refractivity contribution in [2.24, 2.45) is 0 Å². The van der Waals surface area contributed by atoms with Gasteiger partial charge in [0.1, 0.15) is 6.04 Å². The van der Waals surface area contributed by atoms with Gasteiger partial charge in [0.15, 0.2) is 17.3 Å². The fourth-order valence-corrected chi connectivity index (χ4v) is 4.21. The van der Waals surface area contributed by atoms with E-state index in [4.69, 9.17) is 9.47 Å². The van der Waals surface area contributed by atoms with Crippen molar-refractivity contribution in [3.05, 3.63) is 64.7 Å². The van der Waals surface area contributed by atoms with Gasteiger partial charge in [-0.15, -0.1) is 0 Å². The number of ketones is 1. The highest BCUT2D eigenvalue weighted by atomic mass is 16.5. The first kappa shape index (κ1) is 19.4. The van der Waals surface area contributed by atoms with E-state index >= 15 is 0 Å². The van der Waals surface area contributed by atoms with Gasteiger partial charge in [-0.2, -0.15) is 0 Å². The number of nitrogens with one attached hydrogen (secondary N) is 1. The summed E-state index contributed by atoms with van der Waals surface area (Å²) in [4.78, 5) is 39.6. The molecule has 0 aliphatic carbocycles. The minimum Gasteiger partial charge on any atom is -0.490 e. The second-order valence-electron chi connectivity index (χ2n) is 7.85. The second kappa shape index (κ2) is 7.58. The number of carbonyl (C=O) groups is 3. The molecule has 2 amide bonds. The van der Waals surface area contributed by atoms with Crippen molar-refractivity contribution in [3.63, 3.8) is 0 Å². The average Bonchev–Trinajstić information content (AvgIpc) is 2.92. The topological polar surface area (TPSA) is 84.9 Å². The van der Waals surface area contributed by atoms with Crippen LogP contribution in [0.4, 0.5) is 0 Å². The number of hydrogen-bond acceptors (Lipinski definition) is 6. The molecule has 0 bridgehead atoms. The quantitative estimate of drug-likeness (QED) is 0.609. The van der Waals surface area contributed by atoms with Gasteiger partial charge < -0.3 is 14.8 Å². The zero-order valence-corrected chi connectivity index (χ0v) is 17.1. The summed E-state index contributed by atoms with van der Waals surface area (Å²) in [5, 5.41) is 3.27. The molecule has 0 aromatic heterocycles. The first-order valence-corrected chi connectivity index (χ1v) is 10.4. The van der Waals surface area contributed by atoms with Crippen LogP contribution in [0.15, 0.2) is 42.5 Å². The molecule has 0 spiro atoms. The Bertz CT molecular complexity index is 1100. The molecule has 158 valence electrons. The van der Waals surface area contributed by atoms with E-state index in [-0.39, 0.29) is 5.78 Å². The van der Waals surface area contributed by atoms with Gasteiger partial charge in [-0.05, 0) is 43.2 Å². The van der Waals surface area contributed by atoms with Gasteiger partial charge in [0.25, 0.3) is 11.8 Å². The Morgan fingerprint density at radius 1 is 1.03 bits per heavy atom. The molecule has 2 aromatic carbocycles. The smallest absolute Gasteiger partial charge is 0.262 e. The zero-order chi connectivity index (χ0) is 21.5. The molecule has 3 aliphatic rings. The van der Waals surface area contributed by atoms with E-state index in [1.807, 2.05) is 12.1 Å². The normalized spacial score (nSPS) is 19.4. The van der Waals surface area contributed by atoms with Crippen LogP contribution in [0.5, 0.6) is 11.5 Å². The van der Waals surface area contributed by atoms with Crippen LogP contribution in [-0.4, -0.2) is 48.3 Å². The Balaban J connectivity index is 1.44. The summed E-state index contributed by atoms with van der Waals surface area (Å²) in [7, 11) is 0. The van der Waals surface area contributed by atoms with Crippen molar-refractivity contribution < 1.29 is 23.9 Å². The predicted octanol–water partition coefficient (Wildman–Crippen LogP) is 2.59. The van der Waals surface area contributed by atoms with Crippen molar-refractivity contribution in [2.75, 3.05) is 19.8 Å². The molecule has 1 N–H and O–H groups in total. The molecule has 7 nitrogen and oxygen atoms in total. The van der Waals surface area contributed by atoms with Crippen LogP contribution in [0.1, 0.15) is 45.2 Å². The van der Waals surface area contributed by atoms with Gasteiger partial charge in [0.05, 0.1) is 24.3 Å². The van der Waals surface area contributed by atoms with E-state index in [2.05, 4.69) is 5.32 Å². The van der Waals surface area contributed by atoms with Gasteiger partial charge in [0, 0.05) is 30.3 Å². The number of fused-ring (bicyclic) bond motifs is 3. The lowest BCUT2D eigenvalue weighted by atomic mass is 9.95. The fourth-order valence-electron chi connectivity index (χ4n) is 4.21. The summed E-state index contributed by atoms with van der Waals surface area (Å²) in [6, 6.07) is 9.60. The second-order valence-corrected chi connectivity index (χ2v) is 7.85. The Morgan fingerprint density at radius 3 is 2.35 bits per heavy atom. The maximum absolute atomic E-state index is 13.1. The molecule has 2 aromatic rings. The van der Waals surface area contributed by atoms with Gasteiger partial charge in [-0.3, -0.25) is 19.3 Å². The molecule has 3 aliphatic heterocycles. The fraction of sp³-hybridized carbons (Fsp3) is 0.292. The molecule has 0 unspecified atom stereocenters. The lowest BCUT2D eigenvalue weighted by Gasteiger charge is -2.24. The first-order chi connectivity index (χ1) is 15.0. The summed E-state index contributed by atoms with van der Waals surface area (Å²) in [5.74, 6) is 0.187. The number of rotatable bonds is 3. The average molecular weight is 418 g/mol. The summed E-state index contributed by atoms with van der Waals surface area (Å²) in [5.41, 5.74) is 3.26. The molecule has 1 atom stereocenters. The Kier molecular flexibility index (Phi) is 4.73. The Labute approximate surface area is 179 Å². The van der Waals surface area contributed by atoms with Crippen molar-refractivity contribution in [2.45, 2.75) is 25.8 Å². The zero-order valence-electron chi connectivity index (χ0n) is 17.1. The summed E-state index contributed by atoms with van der Waals surface area (Å²) >= 11 is 0. The number of amides is 2. The van der Waals surface area contributed by atoms with Gasteiger partial charge in [-0.25, -0.2) is 0 Å². The van der Waals surface area contributed by atoms with Crippen molar-refractivity contribution in [3.8, 4) is 11.5 Å². The van der Waals surface area contributed by atoms with Gasteiger partial charge >= 0.3 is 0 Å². The van der Waals surface area contributed by atoms with Crippen LogP contribution in [0.3, 0.4) is 0 Å². The molecule has 3 heterocycles. The predicted molar refractivity (Wildman–Crippen MR) is 113 cm³/mol. The lowest BCUT2D eigenvalue weighted by Crippen LogP contribution is -2.42. The molecule has 7 heteroatoms. The number of hydrogen-bond donors (Lipinski definition) is 1. The third kappa shape index (κ3) is 3.26. The molecule has 0 radical (unpaired) electrons. The van der Waals surface area contributed by atoms with Crippen LogP contribution in [0.2, 0.25) is 0 Å². The highest BCUT2D eigenvalue weighted by molar-refractivity contribution is 6.23. The Hall–Kier alpha value is -3.61. The summed E-state index contributed by atoms with van der Waals surface area (Å²) in [6.07, 6.45) is 3.10. The number of imide groups is 1. The first-order valence-electron chi connectivity index (χ1n) is 10.4. The summed E-state index contributed by atoms with van der Waals surface area (Å²) < 4.78 is 11.6. The maximum atomic E-state index is 13.1. The van der Waals surface area contributed by atoms with E-state index in [1.54, 1.807) is 31.2 Å². The number of nitrogens with zero attached hydrogens (tertiary/aromatic N) is 1. The third-order valence-corrected chi connectivity index (χ3v) is 5.88. The highest BCUT2D eigenvalue weighted by Gasteiger charge is 2.40. The molecule has 0 fully saturated rings. The number of benzene rings is 2. The van der Waals surface area contributed by atoms with Crippen LogP contribution in [0.25, 0.3) is 5.70 Å². The standard InChI is InChI=1S/C24H22N2O5/c1-14(26-23(28)16-5-2-3-6-17(16)24(26)29)20(27)13-19-18-12-22-21(30-9-4-10-31-22)11-15(18)7-8-25-19/h2-3,5-6,11-14,25H,4,7-10H2,1H3/t14-/m0/s1. The highest BCUT2D eigenvalue weighted by Crippen LogP contribution is 2.36. The monoisotopic (exact) mass is 418 g/mol. The van der Waals surface area contributed by atoms with E-state index in [0.29, 0.717) is 42.3 Å². The number of ether oxygens (including phenoxy) is 2. The minimum atomic E-state index is -0.910. The van der Waals surface area contributed by atoms with Gasteiger partial charge in [0.2, 0.25) is 0 Å².